The highest BCUT2D eigenvalue weighted by Crippen LogP contribution is 2.27. The Hall–Kier alpha value is -1.06. The summed E-state index contributed by atoms with van der Waals surface area (Å²) in [4.78, 5) is 1.34. The van der Waals surface area contributed by atoms with Crippen molar-refractivity contribution in [1.29, 1.82) is 0 Å². The first kappa shape index (κ1) is 10.5. The Labute approximate surface area is 93.9 Å². The largest absolute Gasteiger partial charge is 0.469 e. The fourth-order valence-corrected chi connectivity index (χ4v) is 2.49. The van der Waals surface area contributed by atoms with E-state index in [1.54, 1.807) is 11.3 Å². The van der Waals surface area contributed by atoms with Crippen LogP contribution in [0.4, 0.5) is 0 Å². The van der Waals surface area contributed by atoms with E-state index in [0.717, 1.165) is 5.76 Å². The van der Waals surface area contributed by atoms with Gasteiger partial charge < -0.3 is 9.73 Å². The number of hydrogen-bond acceptors (Lipinski definition) is 3. The molecule has 0 radical (unpaired) electrons. The lowest BCUT2D eigenvalue weighted by molar-refractivity contribution is 0.528. The average molecular weight is 221 g/mol. The summed E-state index contributed by atoms with van der Waals surface area (Å²) in [5.41, 5.74) is 2.49. The van der Waals surface area contributed by atoms with E-state index < -0.39 is 0 Å². The second-order valence-electron chi connectivity index (χ2n) is 3.70. The molecule has 0 bridgehead atoms. The van der Waals surface area contributed by atoms with Crippen LogP contribution in [0, 0.1) is 13.8 Å². The zero-order chi connectivity index (χ0) is 10.8. The summed E-state index contributed by atoms with van der Waals surface area (Å²) >= 11 is 1.78. The van der Waals surface area contributed by atoms with Gasteiger partial charge in [0.1, 0.15) is 5.76 Å². The van der Waals surface area contributed by atoms with E-state index in [1.165, 1.54) is 16.0 Å². The number of furan rings is 1. The van der Waals surface area contributed by atoms with Gasteiger partial charge in [0.15, 0.2) is 0 Å². The highest BCUT2D eigenvalue weighted by molar-refractivity contribution is 7.10. The van der Waals surface area contributed by atoms with Crippen LogP contribution in [-0.4, -0.2) is 7.05 Å². The second-order valence-corrected chi connectivity index (χ2v) is 4.82. The van der Waals surface area contributed by atoms with Crippen LogP contribution in [0.3, 0.4) is 0 Å². The van der Waals surface area contributed by atoms with E-state index in [0.29, 0.717) is 0 Å². The molecule has 2 aromatic heterocycles. The van der Waals surface area contributed by atoms with Crippen molar-refractivity contribution in [2.24, 2.45) is 0 Å². The van der Waals surface area contributed by atoms with Gasteiger partial charge in [-0.1, -0.05) is 0 Å². The third-order valence-electron chi connectivity index (χ3n) is 2.46. The van der Waals surface area contributed by atoms with Gasteiger partial charge in [-0.2, -0.15) is 0 Å². The van der Waals surface area contributed by atoms with E-state index in [9.17, 15) is 0 Å². The van der Waals surface area contributed by atoms with Crippen molar-refractivity contribution >= 4 is 11.3 Å². The van der Waals surface area contributed by atoms with E-state index in [-0.39, 0.29) is 6.04 Å². The zero-order valence-electron chi connectivity index (χ0n) is 9.20. The Morgan fingerprint density at radius 2 is 2.07 bits per heavy atom. The van der Waals surface area contributed by atoms with Crippen molar-refractivity contribution in [3.63, 3.8) is 0 Å². The highest BCUT2D eigenvalue weighted by atomic mass is 32.1. The quantitative estimate of drug-likeness (QED) is 0.860. The zero-order valence-corrected chi connectivity index (χ0v) is 10.0. The molecule has 2 nitrogen and oxygen atoms in total. The molecule has 0 fully saturated rings. The van der Waals surface area contributed by atoms with Crippen LogP contribution in [0.25, 0.3) is 0 Å². The minimum atomic E-state index is 0.243. The minimum Gasteiger partial charge on any atom is -0.469 e. The maximum Gasteiger partial charge on any atom is 0.101 e. The molecule has 0 aliphatic rings. The molecule has 1 atom stereocenters. The molecule has 1 unspecified atom stereocenters. The Morgan fingerprint density at radius 3 is 2.53 bits per heavy atom. The Bertz CT molecular complexity index is 404. The monoisotopic (exact) mass is 221 g/mol. The van der Waals surface area contributed by atoms with Gasteiger partial charge in [0.05, 0.1) is 12.3 Å². The molecule has 2 heterocycles. The van der Waals surface area contributed by atoms with Crippen LogP contribution in [0.5, 0.6) is 0 Å². The number of aryl methyl sites for hydroxylation is 2. The van der Waals surface area contributed by atoms with Crippen molar-refractivity contribution in [3.8, 4) is 0 Å². The smallest absolute Gasteiger partial charge is 0.101 e. The molecule has 3 heteroatoms. The maximum atomic E-state index is 5.34. The van der Waals surface area contributed by atoms with Gasteiger partial charge in [-0.25, -0.2) is 0 Å². The Balaban J connectivity index is 2.32. The molecule has 0 spiro atoms. The van der Waals surface area contributed by atoms with Crippen LogP contribution < -0.4 is 5.32 Å². The molecule has 0 saturated carbocycles. The van der Waals surface area contributed by atoms with Gasteiger partial charge in [-0.15, -0.1) is 11.3 Å². The van der Waals surface area contributed by atoms with Crippen LogP contribution in [-0.2, 0) is 0 Å². The Morgan fingerprint density at radius 1 is 1.27 bits per heavy atom. The highest BCUT2D eigenvalue weighted by Gasteiger charge is 2.14. The van der Waals surface area contributed by atoms with Crippen molar-refractivity contribution in [1.82, 2.24) is 5.32 Å². The summed E-state index contributed by atoms with van der Waals surface area (Å²) in [6.45, 7) is 4.09. The third kappa shape index (κ3) is 2.13. The molecule has 0 saturated heterocycles. The SMILES string of the molecule is CNC(c1coc(C)c1)c1csc(C)c1. The third-order valence-corrected chi connectivity index (χ3v) is 3.34. The first-order chi connectivity index (χ1) is 7.20. The summed E-state index contributed by atoms with van der Waals surface area (Å²) < 4.78 is 5.34. The molecule has 15 heavy (non-hydrogen) atoms. The van der Waals surface area contributed by atoms with Crippen molar-refractivity contribution in [2.45, 2.75) is 19.9 Å². The molecule has 0 aliphatic carbocycles. The second kappa shape index (κ2) is 4.21. The van der Waals surface area contributed by atoms with Gasteiger partial charge in [0.25, 0.3) is 0 Å². The number of rotatable bonds is 3. The normalized spacial score (nSPS) is 13.0. The summed E-state index contributed by atoms with van der Waals surface area (Å²) in [6.07, 6.45) is 1.82. The van der Waals surface area contributed by atoms with Gasteiger partial charge in [-0.3, -0.25) is 0 Å². The lowest BCUT2D eigenvalue weighted by atomic mass is 10.0. The lowest BCUT2D eigenvalue weighted by Gasteiger charge is -2.12. The molecule has 80 valence electrons. The topological polar surface area (TPSA) is 25.2 Å². The summed E-state index contributed by atoms with van der Waals surface area (Å²) in [7, 11) is 1.97. The number of thiophene rings is 1. The van der Waals surface area contributed by atoms with E-state index in [2.05, 4.69) is 29.8 Å². The van der Waals surface area contributed by atoms with Crippen LogP contribution in [0.2, 0.25) is 0 Å². The number of nitrogens with one attached hydrogen (secondary N) is 1. The van der Waals surface area contributed by atoms with Crippen LogP contribution >= 0.6 is 11.3 Å². The summed E-state index contributed by atoms with van der Waals surface area (Å²) in [5, 5.41) is 5.50. The molecule has 1 N–H and O–H groups in total. The average Bonchev–Trinajstić information content (AvgIpc) is 2.78. The van der Waals surface area contributed by atoms with Gasteiger partial charge in [-0.05, 0) is 44.0 Å². The Kier molecular flexibility index (Phi) is 2.93. The molecular weight excluding hydrogens is 206 g/mol. The van der Waals surface area contributed by atoms with Crippen LogP contribution in [0.1, 0.15) is 27.8 Å². The molecule has 2 aromatic rings. The molecule has 0 aromatic carbocycles. The fraction of sp³-hybridized carbons (Fsp3) is 0.333. The van der Waals surface area contributed by atoms with E-state index in [1.807, 2.05) is 20.2 Å². The molecule has 0 aliphatic heterocycles. The summed E-state index contributed by atoms with van der Waals surface area (Å²) in [5.74, 6) is 0.956. The molecule has 0 amide bonds. The first-order valence-corrected chi connectivity index (χ1v) is 5.86. The van der Waals surface area contributed by atoms with E-state index in [4.69, 9.17) is 4.42 Å². The standard InChI is InChI=1S/C12H15NOS/c1-8-4-10(6-14-8)12(13-3)11-5-9(2)15-7-11/h4-7,12-13H,1-3H3. The molecular formula is C12H15NOS. The lowest BCUT2D eigenvalue weighted by Crippen LogP contribution is -2.16. The fourth-order valence-electron chi connectivity index (χ4n) is 1.76. The van der Waals surface area contributed by atoms with Crippen LogP contribution in [0.15, 0.2) is 28.2 Å². The number of hydrogen-bond donors (Lipinski definition) is 1. The molecule has 2 rings (SSSR count). The van der Waals surface area contributed by atoms with Gasteiger partial charge in [0.2, 0.25) is 0 Å². The predicted octanol–water partition coefficient (Wildman–Crippen LogP) is 3.27. The van der Waals surface area contributed by atoms with Crippen molar-refractivity contribution in [2.75, 3.05) is 7.05 Å². The predicted molar refractivity (Wildman–Crippen MR) is 63.4 cm³/mol. The van der Waals surface area contributed by atoms with Gasteiger partial charge >= 0.3 is 0 Å². The van der Waals surface area contributed by atoms with Crippen molar-refractivity contribution in [3.05, 3.63) is 45.5 Å². The summed E-state index contributed by atoms with van der Waals surface area (Å²) in [6, 6.07) is 4.54. The van der Waals surface area contributed by atoms with Crippen molar-refractivity contribution < 1.29 is 4.42 Å². The minimum absolute atomic E-state index is 0.243. The van der Waals surface area contributed by atoms with Gasteiger partial charge in [0, 0.05) is 10.4 Å². The first-order valence-electron chi connectivity index (χ1n) is 4.98. The maximum absolute atomic E-state index is 5.34. The van der Waals surface area contributed by atoms with E-state index >= 15 is 0 Å².